The number of anilines is 1. The van der Waals surface area contributed by atoms with Crippen molar-refractivity contribution in [2.75, 3.05) is 12.4 Å². The Hall–Kier alpha value is -3.03. The summed E-state index contributed by atoms with van der Waals surface area (Å²) in [6, 6.07) is 14.5. The summed E-state index contributed by atoms with van der Waals surface area (Å²) in [5.41, 5.74) is 4.42. The zero-order chi connectivity index (χ0) is 22.8. The van der Waals surface area contributed by atoms with E-state index in [1.807, 2.05) is 59.7 Å². The van der Waals surface area contributed by atoms with Crippen LogP contribution in [0.3, 0.4) is 0 Å². The van der Waals surface area contributed by atoms with Gasteiger partial charge in [0.2, 0.25) is 5.91 Å². The van der Waals surface area contributed by atoms with Gasteiger partial charge in [-0.15, -0.1) is 0 Å². The van der Waals surface area contributed by atoms with Gasteiger partial charge in [0.25, 0.3) is 0 Å². The standard InChI is InChI=1S/C24H22ClN3O3S/c1-14-7-9-18(10-8-14)27-20(29)12-19-13-32-24-26-15(2)21(23(30)31-3)22(28(19)24)16-5-4-6-17(25)11-16/h4-11,13,22H,12H2,1-3H3,(H,27,29)/t22-/m0/s1. The number of thioether (sulfide) groups is 1. The molecular weight excluding hydrogens is 446 g/mol. The molecule has 2 aromatic carbocycles. The molecule has 1 N–H and O–H groups in total. The summed E-state index contributed by atoms with van der Waals surface area (Å²) in [4.78, 5) is 32.1. The summed E-state index contributed by atoms with van der Waals surface area (Å²) < 4.78 is 5.06. The number of fused-ring (bicyclic) bond motifs is 1. The molecule has 32 heavy (non-hydrogen) atoms. The quantitative estimate of drug-likeness (QED) is 0.594. The number of aryl methyl sites for hydroxylation is 1. The average molecular weight is 468 g/mol. The second-order valence-corrected chi connectivity index (χ2v) is 8.80. The first-order valence-corrected chi connectivity index (χ1v) is 11.3. The third kappa shape index (κ3) is 4.45. The van der Waals surface area contributed by atoms with Crippen molar-refractivity contribution in [3.8, 4) is 0 Å². The largest absolute Gasteiger partial charge is 0.466 e. The highest BCUT2D eigenvalue weighted by molar-refractivity contribution is 8.16. The van der Waals surface area contributed by atoms with Crippen LogP contribution in [0.25, 0.3) is 0 Å². The van der Waals surface area contributed by atoms with Crippen LogP contribution in [0.15, 0.2) is 75.9 Å². The van der Waals surface area contributed by atoms with Crippen molar-refractivity contribution >= 4 is 46.1 Å². The van der Waals surface area contributed by atoms with E-state index < -0.39 is 12.0 Å². The summed E-state index contributed by atoms with van der Waals surface area (Å²) in [6.45, 7) is 3.78. The molecule has 0 saturated carbocycles. The second kappa shape index (κ2) is 9.22. The number of amides is 1. The van der Waals surface area contributed by atoms with Gasteiger partial charge in [0.15, 0.2) is 5.17 Å². The number of aliphatic imine (C=N–C) groups is 1. The lowest BCUT2D eigenvalue weighted by Crippen LogP contribution is -2.37. The van der Waals surface area contributed by atoms with E-state index in [1.54, 1.807) is 13.0 Å². The van der Waals surface area contributed by atoms with E-state index in [9.17, 15) is 9.59 Å². The van der Waals surface area contributed by atoms with E-state index in [0.717, 1.165) is 22.5 Å². The van der Waals surface area contributed by atoms with Crippen LogP contribution in [0, 0.1) is 6.92 Å². The molecule has 0 fully saturated rings. The van der Waals surface area contributed by atoms with Crippen molar-refractivity contribution < 1.29 is 14.3 Å². The molecule has 8 heteroatoms. The zero-order valence-corrected chi connectivity index (χ0v) is 19.5. The number of hydrogen-bond donors (Lipinski definition) is 1. The molecule has 2 aromatic rings. The van der Waals surface area contributed by atoms with Crippen LogP contribution in [0.4, 0.5) is 5.69 Å². The number of ether oxygens (including phenoxy) is 1. The number of nitrogens with one attached hydrogen (secondary N) is 1. The van der Waals surface area contributed by atoms with Crippen molar-refractivity contribution in [2.45, 2.75) is 26.3 Å². The first kappa shape index (κ1) is 22.2. The van der Waals surface area contributed by atoms with Crippen LogP contribution in [0.1, 0.15) is 30.5 Å². The average Bonchev–Trinajstić information content (AvgIpc) is 3.15. The van der Waals surface area contributed by atoms with Gasteiger partial charge in [-0.25, -0.2) is 9.79 Å². The minimum Gasteiger partial charge on any atom is -0.466 e. The molecule has 2 heterocycles. The van der Waals surface area contributed by atoms with E-state index >= 15 is 0 Å². The van der Waals surface area contributed by atoms with Crippen LogP contribution in [0.2, 0.25) is 5.02 Å². The van der Waals surface area contributed by atoms with E-state index in [-0.39, 0.29) is 12.3 Å². The van der Waals surface area contributed by atoms with Crippen molar-refractivity contribution in [1.82, 2.24) is 4.90 Å². The number of rotatable bonds is 5. The van der Waals surface area contributed by atoms with Gasteiger partial charge >= 0.3 is 5.97 Å². The third-order valence-electron chi connectivity index (χ3n) is 5.25. The number of methoxy groups -OCH3 is 1. The number of hydrogen-bond acceptors (Lipinski definition) is 6. The lowest BCUT2D eigenvalue weighted by atomic mass is 9.94. The maximum absolute atomic E-state index is 12.8. The first-order valence-electron chi connectivity index (χ1n) is 10.0. The predicted octanol–water partition coefficient (Wildman–Crippen LogP) is 5.43. The summed E-state index contributed by atoms with van der Waals surface area (Å²) in [6.07, 6.45) is 0.129. The molecule has 6 nitrogen and oxygen atoms in total. The van der Waals surface area contributed by atoms with E-state index in [2.05, 4.69) is 10.3 Å². The Labute approximate surface area is 196 Å². The van der Waals surface area contributed by atoms with E-state index in [0.29, 0.717) is 21.5 Å². The van der Waals surface area contributed by atoms with Gasteiger partial charge < -0.3 is 15.0 Å². The SMILES string of the molecule is COC(=O)C1=C(C)N=C2SC=C(CC(=O)Nc3ccc(C)cc3)N2[C@H]1c1cccc(Cl)c1. The Morgan fingerprint density at radius 1 is 1.19 bits per heavy atom. The van der Waals surface area contributed by atoms with Crippen LogP contribution < -0.4 is 5.32 Å². The highest BCUT2D eigenvalue weighted by Crippen LogP contribution is 2.45. The summed E-state index contributed by atoms with van der Waals surface area (Å²) in [7, 11) is 1.35. The van der Waals surface area contributed by atoms with Crippen molar-refractivity contribution in [3.63, 3.8) is 0 Å². The van der Waals surface area contributed by atoms with Gasteiger partial charge in [0.05, 0.1) is 30.8 Å². The van der Waals surface area contributed by atoms with Gasteiger partial charge in [-0.2, -0.15) is 0 Å². The van der Waals surface area contributed by atoms with Gasteiger partial charge in [0, 0.05) is 16.4 Å². The van der Waals surface area contributed by atoms with Gasteiger partial charge in [-0.05, 0) is 49.1 Å². The predicted molar refractivity (Wildman–Crippen MR) is 128 cm³/mol. The van der Waals surface area contributed by atoms with Gasteiger partial charge in [-0.3, -0.25) is 4.79 Å². The van der Waals surface area contributed by atoms with Gasteiger partial charge in [-0.1, -0.05) is 53.2 Å². The Morgan fingerprint density at radius 2 is 1.94 bits per heavy atom. The number of nitrogens with zero attached hydrogens (tertiary/aromatic N) is 2. The lowest BCUT2D eigenvalue weighted by molar-refractivity contribution is -0.136. The topological polar surface area (TPSA) is 71.0 Å². The highest BCUT2D eigenvalue weighted by Gasteiger charge is 2.41. The van der Waals surface area contributed by atoms with E-state index in [4.69, 9.17) is 16.3 Å². The molecule has 0 unspecified atom stereocenters. The third-order valence-corrected chi connectivity index (χ3v) is 6.37. The molecule has 0 spiro atoms. The first-order chi connectivity index (χ1) is 15.4. The molecule has 164 valence electrons. The maximum Gasteiger partial charge on any atom is 0.338 e. The van der Waals surface area contributed by atoms with Crippen LogP contribution in [0.5, 0.6) is 0 Å². The molecule has 4 rings (SSSR count). The molecule has 0 aromatic heterocycles. The van der Waals surface area contributed by atoms with Gasteiger partial charge in [0.1, 0.15) is 0 Å². The number of allylic oxidation sites excluding steroid dienone is 1. The molecule has 0 saturated heterocycles. The van der Waals surface area contributed by atoms with Crippen molar-refractivity contribution in [3.05, 3.63) is 87.1 Å². The molecule has 1 amide bonds. The second-order valence-electron chi connectivity index (χ2n) is 7.53. The number of halogens is 1. The minimum absolute atomic E-state index is 0.129. The fraction of sp³-hybridized carbons (Fsp3) is 0.208. The minimum atomic E-state index is -0.498. The number of esters is 1. The molecule has 1 atom stereocenters. The van der Waals surface area contributed by atoms with Crippen molar-refractivity contribution in [2.24, 2.45) is 4.99 Å². The van der Waals surface area contributed by atoms with Crippen LogP contribution in [-0.4, -0.2) is 29.1 Å². The smallest absolute Gasteiger partial charge is 0.338 e. The summed E-state index contributed by atoms with van der Waals surface area (Å²) >= 11 is 7.69. The maximum atomic E-state index is 12.8. The molecule has 2 aliphatic heterocycles. The number of carbonyl (C=O) groups excluding carboxylic acids is 2. The highest BCUT2D eigenvalue weighted by atomic mass is 35.5. The molecule has 0 aliphatic carbocycles. The number of benzene rings is 2. The van der Waals surface area contributed by atoms with Crippen LogP contribution >= 0.6 is 23.4 Å². The Morgan fingerprint density at radius 3 is 2.62 bits per heavy atom. The molecule has 2 aliphatic rings. The zero-order valence-electron chi connectivity index (χ0n) is 17.9. The normalized spacial score (nSPS) is 17.5. The Kier molecular flexibility index (Phi) is 6.39. The Balaban J connectivity index is 1.66. The molecular formula is C24H22ClN3O3S. The molecule has 0 radical (unpaired) electrons. The number of carbonyl (C=O) groups is 2. The Bertz CT molecular complexity index is 1170. The summed E-state index contributed by atoms with van der Waals surface area (Å²) in [5.74, 6) is -0.617. The fourth-order valence-corrected chi connectivity index (χ4v) is 4.90. The van der Waals surface area contributed by atoms with Crippen LogP contribution in [-0.2, 0) is 14.3 Å². The fourth-order valence-electron chi connectivity index (χ4n) is 3.74. The lowest BCUT2D eigenvalue weighted by Gasteiger charge is -2.36. The van der Waals surface area contributed by atoms with E-state index in [1.165, 1.54) is 18.9 Å². The summed E-state index contributed by atoms with van der Waals surface area (Å²) in [5, 5.41) is 6.10. The molecule has 0 bridgehead atoms. The van der Waals surface area contributed by atoms with Crippen molar-refractivity contribution in [1.29, 1.82) is 0 Å². The monoisotopic (exact) mass is 467 g/mol. The number of amidine groups is 1.